The number of hydrogen-bond donors (Lipinski definition) is 2. The Morgan fingerprint density at radius 2 is 1.55 bits per heavy atom. The second kappa shape index (κ2) is 8.55. The Labute approximate surface area is 168 Å². The van der Waals surface area contributed by atoms with Gasteiger partial charge in [-0.1, -0.05) is 30.3 Å². The predicted octanol–water partition coefficient (Wildman–Crippen LogP) is 2.65. The van der Waals surface area contributed by atoms with Crippen LogP contribution in [0.2, 0.25) is 0 Å². The van der Waals surface area contributed by atoms with E-state index in [9.17, 15) is 9.59 Å². The molecule has 2 aromatic carbocycles. The van der Waals surface area contributed by atoms with Crippen LogP contribution in [-0.2, 0) is 9.53 Å². The maximum absolute atomic E-state index is 12.7. The summed E-state index contributed by atoms with van der Waals surface area (Å²) >= 11 is 0. The van der Waals surface area contributed by atoms with Crippen molar-refractivity contribution in [3.8, 4) is 17.2 Å². The molecule has 0 bridgehead atoms. The SMILES string of the molecule is COC(=O)C1=C(c2ccccc2)NC(=O)NC1c1cc(OC)c(OC)c(OC)c1. The van der Waals surface area contributed by atoms with Crippen LogP contribution < -0.4 is 24.8 Å². The van der Waals surface area contributed by atoms with Gasteiger partial charge in [-0.05, 0) is 23.3 Å². The molecular weight excluding hydrogens is 376 g/mol. The van der Waals surface area contributed by atoms with E-state index in [0.717, 1.165) is 0 Å². The Hall–Kier alpha value is -3.68. The normalized spacial score (nSPS) is 15.9. The quantitative estimate of drug-likeness (QED) is 0.727. The topological polar surface area (TPSA) is 95.1 Å². The van der Waals surface area contributed by atoms with E-state index in [1.54, 1.807) is 24.3 Å². The lowest BCUT2D eigenvalue weighted by Gasteiger charge is -2.30. The Morgan fingerprint density at radius 3 is 2.07 bits per heavy atom. The standard InChI is InChI=1S/C21H22N2O6/c1-26-14-10-13(11-15(27-2)19(14)28-3)18-16(20(24)29-4)17(22-21(25)23-18)12-8-6-5-7-9-12/h5-11,18H,1-4H3,(H2,22,23,25). The van der Waals surface area contributed by atoms with Crippen LogP contribution in [0.1, 0.15) is 17.2 Å². The first kappa shape index (κ1) is 20.1. The number of esters is 1. The second-order valence-electron chi connectivity index (χ2n) is 6.14. The third kappa shape index (κ3) is 3.82. The zero-order chi connectivity index (χ0) is 21.0. The summed E-state index contributed by atoms with van der Waals surface area (Å²) in [6, 6.07) is 11.2. The molecule has 1 heterocycles. The van der Waals surface area contributed by atoms with Crippen LogP contribution in [0, 0.1) is 0 Å². The number of rotatable bonds is 6. The highest BCUT2D eigenvalue weighted by atomic mass is 16.5. The highest BCUT2D eigenvalue weighted by Gasteiger charge is 2.35. The van der Waals surface area contributed by atoms with Crippen LogP contribution in [0.15, 0.2) is 48.0 Å². The third-order valence-corrected chi connectivity index (χ3v) is 4.56. The largest absolute Gasteiger partial charge is 0.493 e. The van der Waals surface area contributed by atoms with Crippen LogP contribution in [0.4, 0.5) is 4.79 Å². The van der Waals surface area contributed by atoms with E-state index in [4.69, 9.17) is 18.9 Å². The number of nitrogens with one attached hydrogen (secondary N) is 2. The van der Waals surface area contributed by atoms with Gasteiger partial charge in [0.15, 0.2) is 11.5 Å². The molecule has 3 rings (SSSR count). The lowest BCUT2D eigenvalue weighted by Crippen LogP contribution is -2.45. The molecule has 2 aromatic rings. The maximum atomic E-state index is 12.7. The van der Waals surface area contributed by atoms with Crippen LogP contribution in [0.25, 0.3) is 5.70 Å². The van der Waals surface area contributed by atoms with Crippen molar-refractivity contribution >= 4 is 17.7 Å². The number of benzene rings is 2. The number of methoxy groups -OCH3 is 4. The fourth-order valence-corrected chi connectivity index (χ4v) is 3.24. The summed E-state index contributed by atoms with van der Waals surface area (Å²) in [5.41, 5.74) is 1.89. The van der Waals surface area contributed by atoms with E-state index in [-0.39, 0.29) is 5.57 Å². The first-order valence-electron chi connectivity index (χ1n) is 8.79. The van der Waals surface area contributed by atoms with E-state index < -0.39 is 18.0 Å². The second-order valence-corrected chi connectivity index (χ2v) is 6.14. The number of urea groups is 1. The van der Waals surface area contributed by atoms with E-state index in [0.29, 0.717) is 34.1 Å². The zero-order valence-corrected chi connectivity index (χ0v) is 16.6. The molecule has 0 saturated carbocycles. The van der Waals surface area contributed by atoms with Crippen molar-refractivity contribution in [3.63, 3.8) is 0 Å². The molecule has 2 amide bonds. The molecule has 0 aromatic heterocycles. The van der Waals surface area contributed by atoms with Crippen molar-refractivity contribution in [3.05, 3.63) is 59.2 Å². The van der Waals surface area contributed by atoms with Gasteiger partial charge >= 0.3 is 12.0 Å². The Morgan fingerprint density at radius 1 is 0.931 bits per heavy atom. The Bertz CT molecular complexity index is 930. The van der Waals surface area contributed by atoms with Crippen molar-refractivity contribution < 1.29 is 28.5 Å². The molecule has 1 aliphatic rings. The minimum Gasteiger partial charge on any atom is -0.493 e. The molecule has 8 nitrogen and oxygen atoms in total. The van der Waals surface area contributed by atoms with Crippen molar-refractivity contribution in [1.82, 2.24) is 10.6 Å². The maximum Gasteiger partial charge on any atom is 0.338 e. The number of amides is 2. The molecule has 2 N–H and O–H groups in total. The van der Waals surface area contributed by atoms with E-state index in [1.165, 1.54) is 28.4 Å². The van der Waals surface area contributed by atoms with E-state index >= 15 is 0 Å². The summed E-state index contributed by atoms with van der Waals surface area (Å²) < 4.78 is 21.2. The van der Waals surface area contributed by atoms with Gasteiger partial charge in [0.05, 0.1) is 45.8 Å². The van der Waals surface area contributed by atoms with Gasteiger partial charge in [-0.2, -0.15) is 0 Å². The van der Waals surface area contributed by atoms with Gasteiger partial charge in [0, 0.05) is 0 Å². The first-order valence-corrected chi connectivity index (χ1v) is 8.79. The minimum absolute atomic E-state index is 0.257. The summed E-state index contributed by atoms with van der Waals surface area (Å²) in [7, 11) is 5.78. The summed E-state index contributed by atoms with van der Waals surface area (Å²) in [5, 5.41) is 5.50. The molecular formula is C21H22N2O6. The van der Waals surface area contributed by atoms with Gasteiger partial charge in [0.1, 0.15) is 0 Å². The minimum atomic E-state index is -0.792. The van der Waals surface area contributed by atoms with Crippen LogP contribution >= 0.6 is 0 Å². The third-order valence-electron chi connectivity index (χ3n) is 4.56. The first-order chi connectivity index (χ1) is 14.0. The van der Waals surface area contributed by atoms with Gasteiger partial charge in [0.25, 0.3) is 0 Å². The summed E-state index contributed by atoms with van der Waals surface area (Å²) in [6.45, 7) is 0. The summed E-state index contributed by atoms with van der Waals surface area (Å²) in [4.78, 5) is 25.1. The van der Waals surface area contributed by atoms with E-state index in [1.807, 2.05) is 18.2 Å². The molecule has 0 radical (unpaired) electrons. The molecule has 0 saturated heterocycles. The van der Waals surface area contributed by atoms with Gasteiger partial charge < -0.3 is 29.6 Å². The van der Waals surface area contributed by atoms with Crippen molar-refractivity contribution in [2.75, 3.05) is 28.4 Å². The highest BCUT2D eigenvalue weighted by molar-refractivity contribution is 6.04. The van der Waals surface area contributed by atoms with Gasteiger partial charge in [0.2, 0.25) is 5.75 Å². The molecule has 152 valence electrons. The Balaban J connectivity index is 2.24. The van der Waals surface area contributed by atoms with Crippen molar-refractivity contribution in [1.29, 1.82) is 0 Å². The number of hydrogen-bond acceptors (Lipinski definition) is 6. The highest BCUT2D eigenvalue weighted by Crippen LogP contribution is 2.42. The molecule has 29 heavy (non-hydrogen) atoms. The molecule has 1 unspecified atom stereocenters. The zero-order valence-electron chi connectivity index (χ0n) is 16.6. The summed E-state index contributed by atoms with van der Waals surface area (Å²) in [5.74, 6) is 0.640. The van der Waals surface area contributed by atoms with Crippen LogP contribution in [0.5, 0.6) is 17.2 Å². The average Bonchev–Trinajstić information content (AvgIpc) is 2.77. The summed E-state index contributed by atoms with van der Waals surface area (Å²) in [6.07, 6.45) is 0. The lowest BCUT2D eigenvalue weighted by atomic mass is 9.92. The fraction of sp³-hybridized carbons (Fsp3) is 0.238. The van der Waals surface area contributed by atoms with E-state index in [2.05, 4.69) is 10.6 Å². The fourth-order valence-electron chi connectivity index (χ4n) is 3.24. The van der Waals surface area contributed by atoms with Crippen molar-refractivity contribution in [2.24, 2.45) is 0 Å². The number of carbonyl (C=O) groups is 2. The molecule has 8 heteroatoms. The number of ether oxygens (including phenoxy) is 4. The lowest BCUT2D eigenvalue weighted by molar-refractivity contribution is -0.136. The van der Waals surface area contributed by atoms with Crippen LogP contribution in [0.3, 0.4) is 0 Å². The van der Waals surface area contributed by atoms with Gasteiger partial charge in [-0.3, -0.25) is 0 Å². The Kier molecular flexibility index (Phi) is 5.92. The smallest absolute Gasteiger partial charge is 0.338 e. The monoisotopic (exact) mass is 398 g/mol. The van der Waals surface area contributed by atoms with Crippen LogP contribution in [-0.4, -0.2) is 40.4 Å². The number of carbonyl (C=O) groups excluding carboxylic acids is 2. The predicted molar refractivity (Wildman–Crippen MR) is 106 cm³/mol. The molecule has 0 spiro atoms. The average molecular weight is 398 g/mol. The molecule has 1 aliphatic heterocycles. The van der Waals surface area contributed by atoms with Gasteiger partial charge in [-0.15, -0.1) is 0 Å². The molecule has 0 aliphatic carbocycles. The van der Waals surface area contributed by atoms with Crippen molar-refractivity contribution in [2.45, 2.75) is 6.04 Å². The molecule has 0 fully saturated rings. The molecule has 1 atom stereocenters. The van der Waals surface area contributed by atoms with Gasteiger partial charge in [-0.25, -0.2) is 9.59 Å².